The van der Waals surface area contributed by atoms with Crippen molar-refractivity contribution >= 4 is 28.9 Å². The van der Waals surface area contributed by atoms with Crippen molar-refractivity contribution in [1.29, 1.82) is 0 Å². The van der Waals surface area contributed by atoms with Gasteiger partial charge in [-0.3, -0.25) is 9.59 Å². The van der Waals surface area contributed by atoms with E-state index >= 15 is 0 Å². The highest BCUT2D eigenvalue weighted by Gasteiger charge is 2.13. The number of carbonyl (C=O) groups excluding carboxylic acids is 2. The highest BCUT2D eigenvalue weighted by Crippen LogP contribution is 2.19. The molecule has 0 aliphatic carbocycles. The van der Waals surface area contributed by atoms with Crippen LogP contribution in [0.25, 0.3) is 0 Å². The lowest BCUT2D eigenvalue weighted by molar-refractivity contribution is -0.114. The molecule has 3 N–H and O–H groups in total. The maximum atomic E-state index is 12.7. The van der Waals surface area contributed by atoms with E-state index in [1.54, 1.807) is 18.2 Å². The van der Waals surface area contributed by atoms with Crippen molar-refractivity contribution in [2.24, 2.45) is 0 Å². The van der Waals surface area contributed by atoms with Gasteiger partial charge >= 0.3 is 0 Å². The Labute approximate surface area is 171 Å². The molecule has 29 heavy (non-hydrogen) atoms. The molecule has 0 saturated carbocycles. The highest BCUT2D eigenvalue weighted by molar-refractivity contribution is 6.08. The number of rotatable bonds is 6. The maximum absolute atomic E-state index is 12.7. The monoisotopic (exact) mass is 387 g/mol. The van der Waals surface area contributed by atoms with E-state index in [9.17, 15) is 9.59 Å². The predicted octanol–water partition coefficient (Wildman–Crippen LogP) is 4.91. The van der Waals surface area contributed by atoms with E-state index in [4.69, 9.17) is 0 Å². The van der Waals surface area contributed by atoms with E-state index in [1.165, 1.54) is 0 Å². The van der Waals surface area contributed by atoms with Gasteiger partial charge in [-0.25, -0.2) is 0 Å². The summed E-state index contributed by atoms with van der Waals surface area (Å²) in [5.74, 6) is -0.403. The molecule has 0 unspecified atom stereocenters. The Hall–Kier alpha value is -3.60. The van der Waals surface area contributed by atoms with Crippen molar-refractivity contribution in [1.82, 2.24) is 0 Å². The standard InChI is InChI=1S/C24H25N3O2/c1-16-11-13-19(14-12-16)26-24(29)20-8-4-5-9-22(20)25-15-23(28)27-21-10-6-7-17(2)18(21)3/h4-14,25H,15H2,1-3H3,(H,26,29)(H,27,28). The minimum absolute atomic E-state index is 0.0577. The molecule has 148 valence electrons. The fourth-order valence-corrected chi connectivity index (χ4v) is 2.93. The van der Waals surface area contributed by atoms with Gasteiger partial charge in [-0.15, -0.1) is 0 Å². The predicted molar refractivity (Wildman–Crippen MR) is 119 cm³/mol. The first-order valence-electron chi connectivity index (χ1n) is 9.51. The van der Waals surface area contributed by atoms with E-state index in [2.05, 4.69) is 16.0 Å². The topological polar surface area (TPSA) is 70.2 Å². The molecule has 0 spiro atoms. The molecule has 3 rings (SSSR count). The van der Waals surface area contributed by atoms with E-state index in [0.717, 1.165) is 28.1 Å². The van der Waals surface area contributed by atoms with Gasteiger partial charge in [0.15, 0.2) is 0 Å². The first-order valence-corrected chi connectivity index (χ1v) is 9.51. The number of aryl methyl sites for hydroxylation is 2. The summed E-state index contributed by atoms with van der Waals surface area (Å²) < 4.78 is 0. The first-order chi connectivity index (χ1) is 13.9. The summed E-state index contributed by atoms with van der Waals surface area (Å²) in [6.07, 6.45) is 0. The third-order valence-corrected chi connectivity index (χ3v) is 4.80. The van der Waals surface area contributed by atoms with Crippen LogP contribution in [0, 0.1) is 20.8 Å². The summed E-state index contributed by atoms with van der Waals surface area (Å²) in [6.45, 7) is 6.03. The molecule has 0 bridgehead atoms. The number of nitrogens with one attached hydrogen (secondary N) is 3. The normalized spacial score (nSPS) is 10.3. The molecule has 3 aromatic rings. The van der Waals surface area contributed by atoms with E-state index in [1.807, 2.05) is 69.3 Å². The average molecular weight is 387 g/mol. The molecule has 0 heterocycles. The van der Waals surface area contributed by atoms with Crippen LogP contribution in [-0.2, 0) is 4.79 Å². The summed E-state index contributed by atoms with van der Waals surface area (Å²) in [7, 11) is 0. The lowest BCUT2D eigenvalue weighted by Gasteiger charge is -2.14. The molecule has 5 nitrogen and oxygen atoms in total. The van der Waals surface area contributed by atoms with E-state index in [0.29, 0.717) is 11.3 Å². The van der Waals surface area contributed by atoms with Crippen LogP contribution < -0.4 is 16.0 Å². The molecule has 3 aromatic carbocycles. The second-order valence-electron chi connectivity index (χ2n) is 7.01. The molecular weight excluding hydrogens is 362 g/mol. The van der Waals surface area contributed by atoms with Crippen molar-refractivity contribution in [2.45, 2.75) is 20.8 Å². The Morgan fingerprint density at radius 3 is 2.21 bits per heavy atom. The van der Waals surface area contributed by atoms with Gasteiger partial charge in [-0.2, -0.15) is 0 Å². The zero-order valence-electron chi connectivity index (χ0n) is 16.9. The second kappa shape index (κ2) is 9.06. The van der Waals surface area contributed by atoms with Crippen molar-refractivity contribution in [3.8, 4) is 0 Å². The molecule has 5 heteroatoms. The smallest absolute Gasteiger partial charge is 0.257 e. The third-order valence-electron chi connectivity index (χ3n) is 4.80. The highest BCUT2D eigenvalue weighted by atomic mass is 16.2. The lowest BCUT2D eigenvalue weighted by atomic mass is 10.1. The number of hydrogen-bond donors (Lipinski definition) is 3. The molecule has 0 aromatic heterocycles. The molecule has 2 amide bonds. The Kier molecular flexibility index (Phi) is 6.29. The van der Waals surface area contributed by atoms with Gasteiger partial charge in [0.1, 0.15) is 0 Å². The van der Waals surface area contributed by atoms with Crippen LogP contribution in [0.2, 0.25) is 0 Å². The Morgan fingerprint density at radius 2 is 1.45 bits per heavy atom. The molecule has 0 aliphatic rings. The first kappa shape index (κ1) is 20.1. The quantitative estimate of drug-likeness (QED) is 0.562. The largest absolute Gasteiger partial charge is 0.376 e. The number of benzene rings is 3. The van der Waals surface area contributed by atoms with Crippen LogP contribution in [0.15, 0.2) is 66.7 Å². The zero-order chi connectivity index (χ0) is 20.8. The van der Waals surface area contributed by atoms with Gasteiger partial charge in [-0.1, -0.05) is 42.0 Å². The van der Waals surface area contributed by atoms with Crippen molar-refractivity contribution in [3.63, 3.8) is 0 Å². The molecular formula is C24H25N3O2. The van der Waals surface area contributed by atoms with Gasteiger partial charge in [0.25, 0.3) is 5.91 Å². The van der Waals surface area contributed by atoms with Gasteiger partial charge in [0.05, 0.1) is 12.1 Å². The van der Waals surface area contributed by atoms with E-state index < -0.39 is 0 Å². The van der Waals surface area contributed by atoms with Crippen LogP contribution in [0.3, 0.4) is 0 Å². The molecule has 0 fully saturated rings. The fourth-order valence-electron chi connectivity index (χ4n) is 2.93. The van der Waals surface area contributed by atoms with Crippen LogP contribution in [0.1, 0.15) is 27.0 Å². The fraction of sp³-hybridized carbons (Fsp3) is 0.167. The zero-order valence-corrected chi connectivity index (χ0v) is 16.9. The third kappa shape index (κ3) is 5.23. The maximum Gasteiger partial charge on any atom is 0.257 e. The number of amides is 2. The van der Waals surface area contributed by atoms with Gasteiger partial charge in [0.2, 0.25) is 5.91 Å². The minimum atomic E-state index is -0.230. The summed E-state index contributed by atoms with van der Waals surface area (Å²) in [4.78, 5) is 25.1. The average Bonchev–Trinajstić information content (AvgIpc) is 2.72. The minimum Gasteiger partial charge on any atom is -0.376 e. The number of carbonyl (C=O) groups is 2. The van der Waals surface area contributed by atoms with Crippen molar-refractivity contribution in [2.75, 3.05) is 22.5 Å². The Morgan fingerprint density at radius 1 is 0.759 bits per heavy atom. The second-order valence-corrected chi connectivity index (χ2v) is 7.01. The molecule has 0 saturated heterocycles. The van der Waals surface area contributed by atoms with Crippen molar-refractivity contribution < 1.29 is 9.59 Å². The number of para-hydroxylation sites is 1. The van der Waals surface area contributed by atoms with E-state index in [-0.39, 0.29) is 18.4 Å². The summed E-state index contributed by atoms with van der Waals surface area (Å²) >= 11 is 0. The van der Waals surface area contributed by atoms with Gasteiger partial charge in [-0.05, 0) is 62.2 Å². The Bertz CT molecular complexity index is 1030. The summed E-state index contributed by atoms with van der Waals surface area (Å²) in [5, 5.41) is 8.87. The molecule has 0 radical (unpaired) electrons. The van der Waals surface area contributed by atoms with Crippen molar-refractivity contribution in [3.05, 3.63) is 89.0 Å². The molecule has 0 atom stereocenters. The lowest BCUT2D eigenvalue weighted by Crippen LogP contribution is -2.23. The van der Waals surface area contributed by atoms with Crippen LogP contribution >= 0.6 is 0 Å². The summed E-state index contributed by atoms with van der Waals surface area (Å²) in [5.41, 5.74) is 5.89. The number of anilines is 3. The van der Waals surface area contributed by atoms with Gasteiger partial charge in [0, 0.05) is 17.1 Å². The Balaban J connectivity index is 1.65. The van der Waals surface area contributed by atoms with Crippen LogP contribution in [-0.4, -0.2) is 18.4 Å². The van der Waals surface area contributed by atoms with Gasteiger partial charge < -0.3 is 16.0 Å². The van der Waals surface area contributed by atoms with Crippen LogP contribution in [0.4, 0.5) is 17.1 Å². The number of hydrogen-bond acceptors (Lipinski definition) is 3. The SMILES string of the molecule is Cc1ccc(NC(=O)c2ccccc2NCC(=O)Nc2cccc(C)c2C)cc1. The van der Waals surface area contributed by atoms with Crippen LogP contribution in [0.5, 0.6) is 0 Å². The molecule has 0 aliphatic heterocycles. The summed E-state index contributed by atoms with van der Waals surface area (Å²) in [6, 6.07) is 20.5.